The number of aromatic nitrogens is 3. The van der Waals surface area contributed by atoms with Crippen LogP contribution in [0.25, 0.3) is 22.5 Å². The van der Waals surface area contributed by atoms with Gasteiger partial charge in [-0.3, -0.25) is 4.98 Å². The zero-order chi connectivity index (χ0) is 16.8. The number of nitrogens with one attached hydrogen (secondary N) is 2. The van der Waals surface area contributed by atoms with Gasteiger partial charge in [0.1, 0.15) is 5.82 Å². The molecule has 2 aromatic heterocycles. The van der Waals surface area contributed by atoms with E-state index in [0.717, 1.165) is 47.7 Å². The standard InChI is InChI=1S/C20H24N4/c1-3-7-17(14-21-2)20-23-18(15-8-5-4-6-9-15)19(24-20)16-10-12-22-13-11-16/h4-6,8-13,17,21H,3,7,14H2,1-2H3,(H,23,24). The van der Waals surface area contributed by atoms with Crippen LogP contribution in [-0.4, -0.2) is 28.5 Å². The summed E-state index contributed by atoms with van der Waals surface area (Å²) in [6.07, 6.45) is 5.89. The van der Waals surface area contributed by atoms with E-state index in [1.807, 2.05) is 37.6 Å². The number of likely N-dealkylation sites (N-methyl/N-ethyl adjacent to an activating group) is 1. The average molecular weight is 320 g/mol. The molecule has 24 heavy (non-hydrogen) atoms. The summed E-state index contributed by atoms with van der Waals surface area (Å²) in [5, 5.41) is 3.29. The van der Waals surface area contributed by atoms with Gasteiger partial charge in [0.2, 0.25) is 0 Å². The van der Waals surface area contributed by atoms with Crippen molar-refractivity contribution in [3.8, 4) is 22.5 Å². The smallest absolute Gasteiger partial charge is 0.111 e. The Labute approximate surface area is 143 Å². The second kappa shape index (κ2) is 7.88. The quantitative estimate of drug-likeness (QED) is 0.684. The van der Waals surface area contributed by atoms with Gasteiger partial charge >= 0.3 is 0 Å². The number of H-pyrrole nitrogens is 1. The van der Waals surface area contributed by atoms with Crippen LogP contribution in [0, 0.1) is 0 Å². The van der Waals surface area contributed by atoms with E-state index in [-0.39, 0.29) is 0 Å². The van der Waals surface area contributed by atoms with Gasteiger partial charge in [0, 0.05) is 36.0 Å². The zero-order valence-electron chi connectivity index (χ0n) is 14.3. The van der Waals surface area contributed by atoms with Crippen LogP contribution in [0.2, 0.25) is 0 Å². The van der Waals surface area contributed by atoms with Crippen LogP contribution in [0.5, 0.6) is 0 Å². The summed E-state index contributed by atoms with van der Waals surface area (Å²) in [4.78, 5) is 12.7. The van der Waals surface area contributed by atoms with Crippen molar-refractivity contribution in [3.63, 3.8) is 0 Å². The van der Waals surface area contributed by atoms with E-state index in [4.69, 9.17) is 4.98 Å². The number of imidazole rings is 1. The van der Waals surface area contributed by atoms with Crippen LogP contribution < -0.4 is 5.32 Å². The summed E-state index contributed by atoms with van der Waals surface area (Å²) in [7, 11) is 1.99. The fraction of sp³-hybridized carbons (Fsp3) is 0.300. The third kappa shape index (κ3) is 3.54. The minimum Gasteiger partial charge on any atom is -0.341 e. The maximum atomic E-state index is 4.98. The number of nitrogens with zero attached hydrogens (tertiary/aromatic N) is 2. The highest BCUT2D eigenvalue weighted by Gasteiger charge is 2.19. The van der Waals surface area contributed by atoms with Crippen molar-refractivity contribution in [2.45, 2.75) is 25.7 Å². The molecule has 4 heteroatoms. The molecular weight excluding hydrogens is 296 g/mol. The van der Waals surface area contributed by atoms with Gasteiger partial charge in [0.25, 0.3) is 0 Å². The molecule has 0 aliphatic carbocycles. The SMILES string of the molecule is CCCC(CNC)c1nc(-c2ccccc2)c(-c2ccncc2)[nH]1. The first kappa shape index (κ1) is 16.4. The average Bonchev–Trinajstić information content (AvgIpc) is 3.08. The highest BCUT2D eigenvalue weighted by atomic mass is 15.0. The Morgan fingerprint density at radius 1 is 1.04 bits per heavy atom. The van der Waals surface area contributed by atoms with Crippen molar-refractivity contribution in [1.29, 1.82) is 0 Å². The Balaban J connectivity index is 2.09. The van der Waals surface area contributed by atoms with Gasteiger partial charge in [-0.25, -0.2) is 4.98 Å². The van der Waals surface area contributed by atoms with Gasteiger partial charge in [-0.2, -0.15) is 0 Å². The first-order valence-corrected chi connectivity index (χ1v) is 8.53. The van der Waals surface area contributed by atoms with Crippen LogP contribution >= 0.6 is 0 Å². The van der Waals surface area contributed by atoms with Gasteiger partial charge < -0.3 is 10.3 Å². The van der Waals surface area contributed by atoms with Crippen molar-refractivity contribution in [1.82, 2.24) is 20.3 Å². The number of hydrogen-bond donors (Lipinski definition) is 2. The molecule has 0 amide bonds. The van der Waals surface area contributed by atoms with Crippen LogP contribution in [0.4, 0.5) is 0 Å². The number of rotatable bonds is 7. The number of hydrogen-bond acceptors (Lipinski definition) is 3. The summed E-state index contributed by atoms with van der Waals surface area (Å²) in [5.74, 6) is 1.44. The second-order valence-corrected chi connectivity index (χ2v) is 5.99. The van der Waals surface area contributed by atoms with E-state index in [9.17, 15) is 0 Å². The Bertz CT molecular complexity index is 687. The summed E-state index contributed by atoms with van der Waals surface area (Å²) in [6.45, 7) is 3.14. The molecular formula is C20H24N4. The fourth-order valence-corrected chi connectivity index (χ4v) is 3.05. The molecule has 0 aliphatic heterocycles. The number of pyridine rings is 1. The lowest BCUT2D eigenvalue weighted by molar-refractivity contribution is 0.554. The van der Waals surface area contributed by atoms with Crippen molar-refractivity contribution in [2.75, 3.05) is 13.6 Å². The third-order valence-electron chi connectivity index (χ3n) is 4.21. The number of benzene rings is 1. The second-order valence-electron chi connectivity index (χ2n) is 5.99. The minimum atomic E-state index is 0.387. The molecule has 0 bridgehead atoms. The van der Waals surface area contributed by atoms with Crippen molar-refractivity contribution < 1.29 is 0 Å². The van der Waals surface area contributed by atoms with Crippen LogP contribution in [-0.2, 0) is 0 Å². The maximum Gasteiger partial charge on any atom is 0.111 e. The van der Waals surface area contributed by atoms with Crippen molar-refractivity contribution in [3.05, 3.63) is 60.7 Å². The van der Waals surface area contributed by atoms with Gasteiger partial charge in [0.15, 0.2) is 0 Å². The molecule has 4 nitrogen and oxygen atoms in total. The molecule has 2 N–H and O–H groups in total. The van der Waals surface area contributed by atoms with Crippen LogP contribution in [0.3, 0.4) is 0 Å². The van der Waals surface area contributed by atoms with E-state index < -0.39 is 0 Å². The largest absolute Gasteiger partial charge is 0.341 e. The van der Waals surface area contributed by atoms with E-state index in [1.54, 1.807) is 0 Å². The molecule has 0 fully saturated rings. The van der Waals surface area contributed by atoms with E-state index in [0.29, 0.717) is 5.92 Å². The molecule has 0 radical (unpaired) electrons. The molecule has 2 heterocycles. The molecule has 0 aliphatic rings. The minimum absolute atomic E-state index is 0.387. The zero-order valence-corrected chi connectivity index (χ0v) is 14.3. The molecule has 3 rings (SSSR count). The van der Waals surface area contributed by atoms with E-state index in [1.165, 1.54) is 0 Å². The molecule has 124 valence electrons. The lowest BCUT2D eigenvalue weighted by atomic mass is 10.0. The van der Waals surface area contributed by atoms with Gasteiger partial charge in [-0.1, -0.05) is 43.7 Å². The van der Waals surface area contributed by atoms with Crippen molar-refractivity contribution in [2.24, 2.45) is 0 Å². The lowest BCUT2D eigenvalue weighted by Gasteiger charge is -2.12. The summed E-state index contributed by atoms with van der Waals surface area (Å²) in [5.41, 5.74) is 4.32. The highest BCUT2D eigenvalue weighted by Crippen LogP contribution is 2.32. The normalized spacial score (nSPS) is 12.2. The predicted octanol–water partition coefficient (Wildman–Crippen LogP) is 4.24. The first-order chi connectivity index (χ1) is 11.8. The number of aromatic amines is 1. The van der Waals surface area contributed by atoms with Crippen molar-refractivity contribution >= 4 is 0 Å². The Kier molecular flexibility index (Phi) is 5.39. The molecule has 1 unspecified atom stereocenters. The molecule has 0 saturated carbocycles. The molecule has 0 saturated heterocycles. The van der Waals surface area contributed by atoms with Gasteiger partial charge in [0.05, 0.1) is 11.4 Å². The Hall–Kier alpha value is -2.46. The van der Waals surface area contributed by atoms with Crippen LogP contribution in [0.15, 0.2) is 54.9 Å². The van der Waals surface area contributed by atoms with Crippen LogP contribution in [0.1, 0.15) is 31.5 Å². The molecule has 1 atom stereocenters. The van der Waals surface area contributed by atoms with E-state index in [2.05, 4.69) is 46.5 Å². The fourth-order valence-electron chi connectivity index (χ4n) is 3.05. The topological polar surface area (TPSA) is 53.6 Å². The summed E-state index contributed by atoms with van der Waals surface area (Å²) < 4.78 is 0. The summed E-state index contributed by atoms with van der Waals surface area (Å²) >= 11 is 0. The predicted molar refractivity (Wildman–Crippen MR) is 98.8 cm³/mol. The Morgan fingerprint density at radius 3 is 2.46 bits per heavy atom. The monoisotopic (exact) mass is 320 g/mol. The molecule has 3 aromatic rings. The summed E-state index contributed by atoms with van der Waals surface area (Å²) in [6, 6.07) is 14.4. The highest BCUT2D eigenvalue weighted by molar-refractivity contribution is 5.78. The first-order valence-electron chi connectivity index (χ1n) is 8.53. The van der Waals surface area contributed by atoms with E-state index >= 15 is 0 Å². The lowest BCUT2D eigenvalue weighted by Crippen LogP contribution is -2.18. The molecule has 0 spiro atoms. The maximum absolute atomic E-state index is 4.98. The van der Waals surface area contributed by atoms with Gasteiger partial charge in [-0.15, -0.1) is 0 Å². The van der Waals surface area contributed by atoms with Gasteiger partial charge in [-0.05, 0) is 25.6 Å². The third-order valence-corrected chi connectivity index (χ3v) is 4.21. The Morgan fingerprint density at radius 2 is 1.79 bits per heavy atom. The molecule has 1 aromatic carbocycles.